The van der Waals surface area contributed by atoms with Crippen LogP contribution < -0.4 is 10.6 Å². The minimum Gasteiger partial charge on any atom is -0.346 e. The Morgan fingerprint density at radius 1 is 1.15 bits per heavy atom. The molecular weight excluding hydrogens is 399 g/mol. The summed E-state index contributed by atoms with van der Waals surface area (Å²) in [6.45, 7) is 3.66. The molecule has 2 aromatic heterocycles. The van der Waals surface area contributed by atoms with E-state index >= 15 is 0 Å². The molecule has 1 fully saturated rings. The fourth-order valence-electron chi connectivity index (χ4n) is 2.91. The second kappa shape index (κ2) is 9.78. The van der Waals surface area contributed by atoms with E-state index in [1.807, 2.05) is 18.3 Å². The lowest BCUT2D eigenvalue weighted by molar-refractivity contribution is -0.115. The van der Waals surface area contributed by atoms with Crippen LogP contribution in [-0.4, -0.2) is 52.9 Å². The van der Waals surface area contributed by atoms with Crippen molar-refractivity contribution in [2.75, 3.05) is 26.2 Å². The van der Waals surface area contributed by atoms with Crippen molar-refractivity contribution in [3.8, 4) is 0 Å². The first kappa shape index (κ1) is 22.2. The van der Waals surface area contributed by atoms with Gasteiger partial charge in [-0.2, -0.15) is 0 Å². The molecule has 0 radical (unpaired) electrons. The van der Waals surface area contributed by atoms with Gasteiger partial charge in [0, 0.05) is 43.0 Å². The van der Waals surface area contributed by atoms with Crippen LogP contribution in [0.3, 0.4) is 0 Å². The minimum absolute atomic E-state index is 0. The first-order chi connectivity index (χ1) is 11.3. The maximum Gasteiger partial charge on any atom is 0.276 e. The predicted octanol–water partition coefficient (Wildman–Crippen LogP) is 1.95. The van der Waals surface area contributed by atoms with Crippen molar-refractivity contribution in [1.82, 2.24) is 25.5 Å². The Morgan fingerprint density at radius 3 is 2.85 bits per heavy atom. The summed E-state index contributed by atoms with van der Waals surface area (Å²) in [5, 5.41) is 7.20. The zero-order valence-corrected chi connectivity index (χ0v) is 16.3. The Hall–Kier alpha value is -1.80. The number of carbonyl (C=O) groups is 1. The molecule has 0 aliphatic carbocycles. The summed E-state index contributed by atoms with van der Waals surface area (Å²) in [6.07, 6.45) is 6.43. The number of pyridine rings is 1. The fraction of sp³-hybridized carbons (Fsp3) is 0.312. The van der Waals surface area contributed by atoms with Crippen molar-refractivity contribution in [3.05, 3.63) is 35.8 Å². The maximum absolute atomic E-state index is 12.2. The summed E-state index contributed by atoms with van der Waals surface area (Å²) in [4.78, 5) is 26.2. The van der Waals surface area contributed by atoms with Gasteiger partial charge in [-0.3, -0.25) is 10.1 Å². The summed E-state index contributed by atoms with van der Waals surface area (Å²) in [7, 11) is 0. The molecule has 2 aliphatic heterocycles. The normalized spacial score (nSPS) is 18.3. The lowest BCUT2D eigenvalue weighted by Gasteiger charge is -2.20. The number of aromatic amines is 1. The van der Waals surface area contributed by atoms with Crippen LogP contribution in [0, 0.1) is 0 Å². The first-order valence-electron chi connectivity index (χ1n) is 7.81. The molecule has 2 aromatic rings. The summed E-state index contributed by atoms with van der Waals surface area (Å²) in [6, 6.07) is 3.86. The second-order valence-corrected chi connectivity index (χ2v) is 5.65. The number of hydrogen-bond donors (Lipinski definition) is 3. The average molecular weight is 420 g/mol. The smallest absolute Gasteiger partial charge is 0.276 e. The third-order valence-electron chi connectivity index (χ3n) is 4.10. The van der Waals surface area contributed by atoms with Crippen molar-refractivity contribution >= 4 is 66.2 Å². The van der Waals surface area contributed by atoms with Gasteiger partial charge in [0.05, 0.1) is 0 Å². The van der Waals surface area contributed by atoms with Crippen molar-refractivity contribution in [1.29, 1.82) is 0 Å². The highest BCUT2D eigenvalue weighted by atomic mass is 35.5. The summed E-state index contributed by atoms with van der Waals surface area (Å²) >= 11 is 0. The molecule has 142 valence electrons. The number of halogens is 3. The Labute approximate surface area is 170 Å². The highest BCUT2D eigenvalue weighted by Gasteiger charge is 2.25. The molecule has 0 aromatic carbocycles. The van der Waals surface area contributed by atoms with E-state index in [1.165, 1.54) is 0 Å². The monoisotopic (exact) mass is 418 g/mol. The number of aliphatic imine (C=N–C) groups is 1. The van der Waals surface area contributed by atoms with Crippen molar-refractivity contribution in [2.45, 2.75) is 6.42 Å². The molecule has 2 aliphatic rings. The van der Waals surface area contributed by atoms with E-state index in [9.17, 15) is 4.79 Å². The van der Waals surface area contributed by atoms with Crippen LogP contribution in [0.4, 0.5) is 0 Å². The number of fused-ring (bicyclic) bond motifs is 1. The summed E-state index contributed by atoms with van der Waals surface area (Å²) in [5.74, 6) is 0.498. The van der Waals surface area contributed by atoms with E-state index in [0.717, 1.165) is 49.2 Å². The van der Waals surface area contributed by atoms with Crippen LogP contribution in [0.2, 0.25) is 0 Å². The molecule has 0 atom stereocenters. The molecule has 10 heteroatoms. The molecule has 4 rings (SSSR count). The largest absolute Gasteiger partial charge is 0.346 e. The Kier molecular flexibility index (Phi) is 8.36. The first-order valence-corrected chi connectivity index (χ1v) is 7.81. The number of amides is 1. The third kappa shape index (κ3) is 4.48. The average Bonchev–Trinajstić information content (AvgIpc) is 3.01. The standard InChI is InChI=1S/C16H18N6O.3ClH/c23-15-13(9-11-10-19-14-12(11)3-1-5-18-14)20-16(21-15)22-7-2-4-17-6-8-22;;;/h1,3,5,9-10,17H,2,4,6-8H2,(H,18,19)(H,20,21,23);3*1H. The minimum atomic E-state index is -0.157. The molecule has 26 heavy (non-hydrogen) atoms. The topological polar surface area (TPSA) is 85.4 Å². The molecule has 0 unspecified atom stereocenters. The summed E-state index contributed by atoms with van der Waals surface area (Å²) < 4.78 is 0. The van der Waals surface area contributed by atoms with E-state index in [1.54, 1.807) is 12.3 Å². The van der Waals surface area contributed by atoms with E-state index in [0.29, 0.717) is 11.7 Å². The lowest BCUT2D eigenvalue weighted by atomic mass is 10.2. The zero-order chi connectivity index (χ0) is 15.6. The van der Waals surface area contributed by atoms with Crippen molar-refractivity contribution in [3.63, 3.8) is 0 Å². The van der Waals surface area contributed by atoms with Gasteiger partial charge in [-0.25, -0.2) is 9.98 Å². The summed E-state index contributed by atoms with van der Waals surface area (Å²) in [5.41, 5.74) is 2.16. The maximum atomic E-state index is 12.2. The fourth-order valence-corrected chi connectivity index (χ4v) is 2.91. The van der Waals surface area contributed by atoms with Crippen LogP contribution in [0.5, 0.6) is 0 Å². The number of nitrogens with one attached hydrogen (secondary N) is 3. The lowest BCUT2D eigenvalue weighted by Crippen LogP contribution is -2.42. The third-order valence-corrected chi connectivity index (χ3v) is 4.10. The second-order valence-electron chi connectivity index (χ2n) is 5.65. The van der Waals surface area contributed by atoms with E-state index < -0.39 is 0 Å². The molecule has 3 N–H and O–H groups in total. The molecule has 7 nitrogen and oxygen atoms in total. The molecule has 4 heterocycles. The van der Waals surface area contributed by atoms with Gasteiger partial charge in [-0.15, -0.1) is 37.2 Å². The zero-order valence-electron chi connectivity index (χ0n) is 13.9. The SMILES string of the molecule is Cl.Cl.Cl.O=C1NC(N2CCCNCC2)=NC1=Cc1c[nH]c2ncccc12. The van der Waals surface area contributed by atoms with Crippen LogP contribution in [0.1, 0.15) is 12.0 Å². The van der Waals surface area contributed by atoms with E-state index in [4.69, 9.17) is 0 Å². The van der Waals surface area contributed by atoms with Gasteiger partial charge in [0.25, 0.3) is 5.91 Å². The predicted molar refractivity (Wildman–Crippen MR) is 110 cm³/mol. The van der Waals surface area contributed by atoms with Gasteiger partial charge < -0.3 is 15.2 Å². The van der Waals surface area contributed by atoms with Crippen LogP contribution in [0.25, 0.3) is 17.1 Å². The van der Waals surface area contributed by atoms with Gasteiger partial charge in [0.15, 0.2) is 0 Å². The van der Waals surface area contributed by atoms with E-state index in [2.05, 4.69) is 30.5 Å². The molecular formula is C16H21Cl3N6O. The van der Waals surface area contributed by atoms with Crippen LogP contribution in [-0.2, 0) is 4.79 Å². The number of nitrogens with zero attached hydrogens (tertiary/aromatic N) is 3. The Bertz CT molecular complexity index is 811. The number of guanidine groups is 1. The van der Waals surface area contributed by atoms with Crippen molar-refractivity contribution in [2.24, 2.45) is 4.99 Å². The number of aromatic nitrogens is 2. The Morgan fingerprint density at radius 2 is 2.00 bits per heavy atom. The number of hydrogen-bond acceptors (Lipinski definition) is 5. The quantitative estimate of drug-likeness (QED) is 0.617. The molecule has 1 saturated heterocycles. The van der Waals surface area contributed by atoms with Crippen molar-refractivity contribution < 1.29 is 4.79 Å². The Balaban J connectivity index is 0.00000113. The number of rotatable bonds is 1. The number of H-pyrrole nitrogens is 1. The van der Waals surface area contributed by atoms with Gasteiger partial charge in [-0.05, 0) is 31.2 Å². The van der Waals surface area contributed by atoms with Gasteiger partial charge in [-0.1, -0.05) is 0 Å². The molecule has 0 bridgehead atoms. The number of carbonyl (C=O) groups excluding carboxylic acids is 1. The molecule has 0 spiro atoms. The van der Waals surface area contributed by atoms with Gasteiger partial charge in [0.2, 0.25) is 5.96 Å². The molecule has 0 saturated carbocycles. The van der Waals surface area contributed by atoms with Gasteiger partial charge in [0.1, 0.15) is 11.3 Å². The van der Waals surface area contributed by atoms with Crippen LogP contribution >= 0.6 is 37.2 Å². The van der Waals surface area contributed by atoms with Crippen LogP contribution in [0.15, 0.2) is 35.2 Å². The highest BCUT2D eigenvalue weighted by molar-refractivity contribution is 6.14. The van der Waals surface area contributed by atoms with Gasteiger partial charge >= 0.3 is 0 Å². The molecule has 1 amide bonds. The highest BCUT2D eigenvalue weighted by Crippen LogP contribution is 2.20. The van der Waals surface area contributed by atoms with E-state index in [-0.39, 0.29) is 43.1 Å².